The lowest BCUT2D eigenvalue weighted by atomic mass is 9.80. The van der Waals surface area contributed by atoms with E-state index in [1.807, 2.05) is 26.0 Å². The highest BCUT2D eigenvalue weighted by atomic mass is 79.9. The summed E-state index contributed by atoms with van der Waals surface area (Å²) in [6.45, 7) is 4.71. The predicted octanol–water partition coefficient (Wildman–Crippen LogP) is 3.48. The SMILES string of the molecule is CCOC1CC(CC(=O)Nc2c(N)cc(C)cc2Br)C1. The van der Waals surface area contributed by atoms with Crippen LogP contribution in [0, 0.1) is 12.8 Å². The molecule has 0 unspecified atom stereocenters. The summed E-state index contributed by atoms with van der Waals surface area (Å²) in [7, 11) is 0. The molecule has 1 fully saturated rings. The summed E-state index contributed by atoms with van der Waals surface area (Å²) in [5.74, 6) is 0.443. The molecule has 5 heteroatoms. The number of amides is 1. The number of benzene rings is 1. The van der Waals surface area contributed by atoms with Crippen LogP contribution in [0.4, 0.5) is 11.4 Å². The molecule has 1 aliphatic rings. The van der Waals surface area contributed by atoms with Gasteiger partial charge in [-0.15, -0.1) is 0 Å². The Morgan fingerprint density at radius 3 is 2.80 bits per heavy atom. The van der Waals surface area contributed by atoms with Crippen LogP contribution in [0.3, 0.4) is 0 Å². The number of rotatable bonds is 5. The number of nitrogen functional groups attached to an aromatic ring is 1. The second-order valence-corrected chi connectivity index (χ2v) is 6.23. The zero-order valence-corrected chi connectivity index (χ0v) is 13.5. The largest absolute Gasteiger partial charge is 0.397 e. The summed E-state index contributed by atoms with van der Waals surface area (Å²) in [5.41, 5.74) is 8.26. The molecule has 2 rings (SSSR count). The second-order valence-electron chi connectivity index (χ2n) is 5.38. The maximum atomic E-state index is 12.0. The summed E-state index contributed by atoms with van der Waals surface area (Å²) >= 11 is 3.44. The third-order valence-electron chi connectivity index (χ3n) is 3.60. The van der Waals surface area contributed by atoms with Gasteiger partial charge in [-0.25, -0.2) is 0 Å². The van der Waals surface area contributed by atoms with E-state index in [0.717, 1.165) is 29.5 Å². The number of nitrogens with one attached hydrogen (secondary N) is 1. The molecule has 0 aromatic heterocycles. The Morgan fingerprint density at radius 1 is 1.50 bits per heavy atom. The molecule has 1 aromatic carbocycles. The van der Waals surface area contributed by atoms with Crippen LogP contribution in [-0.2, 0) is 9.53 Å². The third kappa shape index (κ3) is 3.73. The first-order valence-electron chi connectivity index (χ1n) is 6.96. The van der Waals surface area contributed by atoms with Crippen LogP contribution in [0.1, 0.15) is 31.7 Å². The molecule has 0 spiro atoms. The van der Waals surface area contributed by atoms with Crippen molar-refractivity contribution in [3.8, 4) is 0 Å². The summed E-state index contributed by atoms with van der Waals surface area (Å²) < 4.78 is 6.32. The average molecular weight is 341 g/mol. The van der Waals surface area contributed by atoms with E-state index in [4.69, 9.17) is 10.5 Å². The van der Waals surface area contributed by atoms with Crippen LogP contribution in [0.25, 0.3) is 0 Å². The minimum absolute atomic E-state index is 0.0150. The van der Waals surface area contributed by atoms with Crippen molar-refractivity contribution < 1.29 is 9.53 Å². The topological polar surface area (TPSA) is 64.3 Å². The normalized spacial score (nSPS) is 21.4. The van der Waals surface area contributed by atoms with E-state index >= 15 is 0 Å². The minimum atomic E-state index is 0.0150. The summed E-state index contributed by atoms with van der Waals surface area (Å²) in [6, 6.07) is 3.80. The number of anilines is 2. The number of hydrogen-bond donors (Lipinski definition) is 2. The molecule has 0 atom stereocenters. The monoisotopic (exact) mass is 340 g/mol. The first-order chi connectivity index (χ1) is 9.49. The Balaban J connectivity index is 1.87. The van der Waals surface area contributed by atoms with Crippen molar-refractivity contribution in [1.82, 2.24) is 0 Å². The van der Waals surface area contributed by atoms with Crippen LogP contribution in [0.5, 0.6) is 0 Å². The van der Waals surface area contributed by atoms with Gasteiger partial charge in [0.2, 0.25) is 5.91 Å². The van der Waals surface area contributed by atoms with Crippen LogP contribution < -0.4 is 11.1 Å². The Hall–Kier alpha value is -1.07. The van der Waals surface area contributed by atoms with Crippen molar-refractivity contribution in [2.45, 2.75) is 39.2 Å². The molecular weight excluding hydrogens is 320 g/mol. The molecule has 0 radical (unpaired) electrons. The smallest absolute Gasteiger partial charge is 0.224 e. The van der Waals surface area contributed by atoms with Crippen molar-refractivity contribution in [3.05, 3.63) is 22.2 Å². The fourth-order valence-electron chi connectivity index (χ4n) is 2.57. The zero-order valence-electron chi connectivity index (χ0n) is 11.9. The highest BCUT2D eigenvalue weighted by Gasteiger charge is 2.31. The number of carbonyl (C=O) groups excluding carboxylic acids is 1. The quantitative estimate of drug-likeness (QED) is 0.806. The maximum absolute atomic E-state index is 12.0. The summed E-state index contributed by atoms with van der Waals surface area (Å²) in [5, 5.41) is 2.90. The zero-order chi connectivity index (χ0) is 14.7. The van der Waals surface area contributed by atoms with Gasteiger partial charge in [-0.3, -0.25) is 4.79 Å². The van der Waals surface area contributed by atoms with Gasteiger partial charge in [0, 0.05) is 17.5 Å². The van der Waals surface area contributed by atoms with Crippen molar-refractivity contribution in [3.63, 3.8) is 0 Å². The lowest BCUT2D eigenvalue weighted by Crippen LogP contribution is -2.34. The van der Waals surface area contributed by atoms with Gasteiger partial charge in [0.1, 0.15) is 0 Å². The highest BCUT2D eigenvalue weighted by Crippen LogP contribution is 2.34. The molecule has 20 heavy (non-hydrogen) atoms. The fourth-order valence-corrected chi connectivity index (χ4v) is 3.26. The molecule has 0 heterocycles. The molecule has 1 amide bonds. The number of hydrogen-bond acceptors (Lipinski definition) is 3. The van der Waals surface area contributed by atoms with Gasteiger partial charge in [0.05, 0.1) is 17.5 Å². The molecule has 3 N–H and O–H groups in total. The predicted molar refractivity (Wildman–Crippen MR) is 84.7 cm³/mol. The standard InChI is InChI=1S/C15H21BrN2O2/c1-3-20-11-6-10(7-11)8-14(19)18-15-12(16)4-9(2)5-13(15)17/h4-5,10-11H,3,6-8,17H2,1-2H3,(H,18,19). The van der Waals surface area contributed by atoms with Crippen molar-refractivity contribution >= 4 is 33.2 Å². The number of nitrogens with two attached hydrogens (primary N) is 1. The van der Waals surface area contributed by atoms with Gasteiger partial charge in [0.25, 0.3) is 0 Å². The van der Waals surface area contributed by atoms with Gasteiger partial charge < -0.3 is 15.8 Å². The second kappa shape index (κ2) is 6.59. The van der Waals surface area contributed by atoms with Gasteiger partial charge in [-0.1, -0.05) is 0 Å². The number of ether oxygens (including phenoxy) is 1. The molecule has 1 aliphatic carbocycles. The summed E-state index contributed by atoms with van der Waals surface area (Å²) in [4.78, 5) is 12.0. The first kappa shape index (κ1) is 15.3. The lowest BCUT2D eigenvalue weighted by Gasteiger charge is -2.34. The maximum Gasteiger partial charge on any atom is 0.224 e. The number of carbonyl (C=O) groups is 1. The lowest BCUT2D eigenvalue weighted by molar-refractivity contribution is -0.119. The third-order valence-corrected chi connectivity index (χ3v) is 4.22. The van der Waals surface area contributed by atoms with E-state index in [0.29, 0.717) is 29.8 Å². The van der Waals surface area contributed by atoms with Crippen molar-refractivity contribution in [1.29, 1.82) is 0 Å². The van der Waals surface area contributed by atoms with Crippen molar-refractivity contribution in [2.24, 2.45) is 5.92 Å². The molecule has 0 aliphatic heterocycles. The molecule has 1 aromatic rings. The minimum Gasteiger partial charge on any atom is -0.397 e. The summed E-state index contributed by atoms with van der Waals surface area (Å²) in [6.07, 6.45) is 2.83. The molecular formula is C15H21BrN2O2. The van der Waals surface area contributed by atoms with E-state index in [2.05, 4.69) is 21.2 Å². The molecule has 0 saturated heterocycles. The van der Waals surface area contributed by atoms with E-state index in [9.17, 15) is 4.79 Å². The van der Waals surface area contributed by atoms with Crippen LogP contribution >= 0.6 is 15.9 Å². The number of halogens is 1. The van der Waals surface area contributed by atoms with E-state index < -0.39 is 0 Å². The first-order valence-corrected chi connectivity index (χ1v) is 7.76. The average Bonchev–Trinajstić information content (AvgIpc) is 2.31. The van der Waals surface area contributed by atoms with Crippen LogP contribution in [0.2, 0.25) is 0 Å². The van der Waals surface area contributed by atoms with Gasteiger partial charge in [-0.2, -0.15) is 0 Å². The Bertz CT molecular complexity index is 476. The Kier molecular flexibility index (Phi) is 5.05. The van der Waals surface area contributed by atoms with Gasteiger partial charge in [0.15, 0.2) is 0 Å². The van der Waals surface area contributed by atoms with Crippen LogP contribution in [0.15, 0.2) is 16.6 Å². The molecule has 1 saturated carbocycles. The van der Waals surface area contributed by atoms with Gasteiger partial charge >= 0.3 is 0 Å². The van der Waals surface area contributed by atoms with E-state index in [1.54, 1.807) is 0 Å². The van der Waals surface area contributed by atoms with E-state index in [1.165, 1.54) is 0 Å². The van der Waals surface area contributed by atoms with E-state index in [-0.39, 0.29) is 5.91 Å². The van der Waals surface area contributed by atoms with Crippen molar-refractivity contribution in [2.75, 3.05) is 17.7 Å². The van der Waals surface area contributed by atoms with Gasteiger partial charge in [-0.05, 0) is 66.2 Å². The molecule has 4 nitrogen and oxygen atoms in total. The van der Waals surface area contributed by atoms with Crippen LogP contribution in [-0.4, -0.2) is 18.6 Å². The Morgan fingerprint density at radius 2 is 2.20 bits per heavy atom. The molecule has 110 valence electrons. The fraction of sp³-hybridized carbons (Fsp3) is 0.533. The highest BCUT2D eigenvalue weighted by molar-refractivity contribution is 9.10. The Labute approximate surface area is 128 Å². The molecule has 0 bridgehead atoms. The number of aryl methyl sites for hydroxylation is 1.